The minimum atomic E-state index is -0.161. The Morgan fingerprint density at radius 3 is 2.81 bits per heavy atom. The highest BCUT2D eigenvalue weighted by molar-refractivity contribution is 8.00. The minimum absolute atomic E-state index is 0.0294. The summed E-state index contributed by atoms with van der Waals surface area (Å²) in [6.07, 6.45) is 4.62. The van der Waals surface area contributed by atoms with Gasteiger partial charge in [-0.2, -0.15) is 0 Å². The number of benzene rings is 1. The van der Waals surface area contributed by atoms with Crippen molar-refractivity contribution in [3.8, 4) is 0 Å². The Kier molecular flexibility index (Phi) is 7.44. The third-order valence-corrected chi connectivity index (χ3v) is 8.47. The first-order chi connectivity index (χ1) is 15.4. The summed E-state index contributed by atoms with van der Waals surface area (Å²) in [5, 5.41) is 5.89. The molecule has 3 heterocycles. The van der Waals surface area contributed by atoms with Crippen molar-refractivity contribution in [3.63, 3.8) is 0 Å². The average molecular weight is 488 g/mol. The zero-order chi connectivity index (χ0) is 22.7. The van der Waals surface area contributed by atoms with Crippen LogP contribution in [0.5, 0.6) is 0 Å². The van der Waals surface area contributed by atoms with Crippen LogP contribution in [0.4, 0.5) is 0 Å². The lowest BCUT2D eigenvalue weighted by atomic mass is 9.90. The standard InChI is InChI=1S/C24H29N3O2S3/c1-5-24(3)12-17-18(13-29-24)32-22-20(17)21(26-23(27-22)30-4)31-14-19(28)25-15(2)11-16-9-7-6-8-10-16/h6-10,15H,5,11-14H2,1-4H3,(H,25,28). The van der Waals surface area contributed by atoms with Crippen LogP contribution in [0.25, 0.3) is 10.2 Å². The topological polar surface area (TPSA) is 64.1 Å². The Balaban J connectivity index is 1.51. The number of aromatic nitrogens is 2. The number of carbonyl (C=O) groups excluding carboxylic acids is 1. The van der Waals surface area contributed by atoms with Crippen molar-refractivity contribution >= 4 is 51.0 Å². The molecule has 2 atom stereocenters. The van der Waals surface area contributed by atoms with E-state index in [0.717, 1.165) is 39.7 Å². The zero-order valence-electron chi connectivity index (χ0n) is 18.9. The Hall–Kier alpha value is -1.61. The van der Waals surface area contributed by atoms with Crippen molar-refractivity contribution in [1.29, 1.82) is 0 Å². The largest absolute Gasteiger partial charge is 0.369 e. The molecule has 5 nitrogen and oxygen atoms in total. The summed E-state index contributed by atoms with van der Waals surface area (Å²) in [5.41, 5.74) is 2.36. The number of nitrogens with one attached hydrogen (secondary N) is 1. The second-order valence-corrected chi connectivity index (χ2v) is 11.2. The lowest BCUT2D eigenvalue weighted by Gasteiger charge is -2.33. The predicted octanol–water partition coefficient (Wildman–Crippen LogP) is 5.49. The molecular weight excluding hydrogens is 458 g/mol. The number of ether oxygens (including phenoxy) is 1. The highest BCUT2D eigenvalue weighted by Crippen LogP contribution is 2.43. The summed E-state index contributed by atoms with van der Waals surface area (Å²) >= 11 is 4.74. The molecule has 0 aliphatic carbocycles. The molecule has 1 amide bonds. The number of hydrogen-bond acceptors (Lipinski definition) is 7. The molecule has 0 saturated carbocycles. The molecule has 0 fully saturated rings. The van der Waals surface area contributed by atoms with Crippen molar-refractivity contribution in [2.75, 3.05) is 12.0 Å². The maximum Gasteiger partial charge on any atom is 0.230 e. The van der Waals surface area contributed by atoms with Crippen LogP contribution in [0.1, 0.15) is 43.2 Å². The van der Waals surface area contributed by atoms with Gasteiger partial charge in [0.15, 0.2) is 5.16 Å². The number of thioether (sulfide) groups is 2. The van der Waals surface area contributed by atoms with Gasteiger partial charge in [0, 0.05) is 22.7 Å². The first-order valence-corrected chi connectivity index (χ1v) is 13.9. The monoisotopic (exact) mass is 487 g/mol. The Morgan fingerprint density at radius 2 is 2.09 bits per heavy atom. The molecule has 170 valence electrons. The van der Waals surface area contributed by atoms with E-state index in [9.17, 15) is 4.79 Å². The molecule has 32 heavy (non-hydrogen) atoms. The fourth-order valence-electron chi connectivity index (χ4n) is 3.91. The van der Waals surface area contributed by atoms with E-state index >= 15 is 0 Å². The Labute approximate surface area is 202 Å². The lowest BCUT2D eigenvalue weighted by molar-refractivity contribution is -0.119. The van der Waals surface area contributed by atoms with Crippen LogP contribution >= 0.6 is 34.9 Å². The van der Waals surface area contributed by atoms with E-state index in [1.165, 1.54) is 39.5 Å². The number of thiophene rings is 1. The van der Waals surface area contributed by atoms with E-state index in [4.69, 9.17) is 14.7 Å². The molecule has 4 rings (SSSR count). The van der Waals surface area contributed by atoms with Crippen molar-refractivity contribution in [2.24, 2.45) is 0 Å². The van der Waals surface area contributed by atoms with Gasteiger partial charge in [-0.3, -0.25) is 4.79 Å². The smallest absolute Gasteiger partial charge is 0.230 e. The molecule has 0 saturated heterocycles. The molecule has 1 aromatic carbocycles. The molecule has 0 radical (unpaired) electrons. The van der Waals surface area contributed by atoms with Gasteiger partial charge in [-0.15, -0.1) is 11.3 Å². The fourth-order valence-corrected chi connectivity index (χ4v) is 6.43. The lowest BCUT2D eigenvalue weighted by Crippen LogP contribution is -2.35. The molecule has 2 aromatic heterocycles. The fraction of sp³-hybridized carbons (Fsp3) is 0.458. The van der Waals surface area contributed by atoms with Crippen LogP contribution in [0, 0.1) is 0 Å². The quantitative estimate of drug-likeness (QED) is 0.257. The van der Waals surface area contributed by atoms with Crippen LogP contribution in [0.3, 0.4) is 0 Å². The van der Waals surface area contributed by atoms with Crippen LogP contribution in [-0.2, 0) is 29.0 Å². The van der Waals surface area contributed by atoms with Crippen molar-refractivity contribution in [3.05, 3.63) is 46.3 Å². The van der Waals surface area contributed by atoms with E-state index < -0.39 is 0 Å². The van der Waals surface area contributed by atoms with E-state index in [1.54, 1.807) is 11.3 Å². The summed E-state index contributed by atoms with van der Waals surface area (Å²) in [4.78, 5) is 24.5. The van der Waals surface area contributed by atoms with Gasteiger partial charge in [-0.1, -0.05) is 60.8 Å². The number of fused-ring (bicyclic) bond motifs is 3. The summed E-state index contributed by atoms with van der Waals surface area (Å²) in [6.45, 7) is 7.01. The number of carbonyl (C=O) groups is 1. The highest BCUT2D eigenvalue weighted by atomic mass is 32.2. The van der Waals surface area contributed by atoms with Gasteiger partial charge in [0.1, 0.15) is 9.86 Å². The Bertz CT molecular complexity index is 1100. The summed E-state index contributed by atoms with van der Waals surface area (Å²) in [7, 11) is 0. The maximum absolute atomic E-state index is 12.7. The van der Waals surface area contributed by atoms with Crippen LogP contribution in [0.2, 0.25) is 0 Å². The van der Waals surface area contributed by atoms with Gasteiger partial charge in [0.2, 0.25) is 5.91 Å². The van der Waals surface area contributed by atoms with Crippen LogP contribution in [-0.4, -0.2) is 39.5 Å². The molecule has 1 aliphatic rings. The molecule has 8 heteroatoms. The SMILES string of the molecule is CCC1(C)Cc2c(sc3nc(SC)nc(SCC(=O)NC(C)Cc4ccccc4)c23)CO1. The van der Waals surface area contributed by atoms with Crippen molar-refractivity contribution < 1.29 is 9.53 Å². The van der Waals surface area contributed by atoms with Gasteiger partial charge in [-0.25, -0.2) is 9.97 Å². The molecule has 1 aliphatic heterocycles. The Morgan fingerprint density at radius 1 is 1.31 bits per heavy atom. The summed E-state index contributed by atoms with van der Waals surface area (Å²) < 4.78 is 6.14. The van der Waals surface area contributed by atoms with E-state index in [0.29, 0.717) is 12.4 Å². The zero-order valence-corrected chi connectivity index (χ0v) is 21.4. The number of rotatable bonds is 8. The third-order valence-electron chi connectivity index (χ3n) is 5.85. The molecule has 3 aromatic rings. The van der Waals surface area contributed by atoms with Gasteiger partial charge in [-0.05, 0) is 44.1 Å². The van der Waals surface area contributed by atoms with Gasteiger partial charge in [0.25, 0.3) is 0 Å². The highest BCUT2D eigenvalue weighted by Gasteiger charge is 2.33. The normalized spacial score (nSPS) is 19.0. The van der Waals surface area contributed by atoms with Crippen molar-refractivity contribution in [2.45, 2.75) is 68.5 Å². The average Bonchev–Trinajstić information content (AvgIpc) is 3.15. The molecular formula is C24H29N3O2S3. The van der Waals surface area contributed by atoms with Gasteiger partial charge >= 0.3 is 0 Å². The predicted molar refractivity (Wildman–Crippen MR) is 135 cm³/mol. The molecule has 0 spiro atoms. The first kappa shape index (κ1) is 23.5. The van der Waals surface area contributed by atoms with Crippen LogP contribution < -0.4 is 5.32 Å². The second kappa shape index (κ2) is 10.1. The molecule has 2 unspecified atom stereocenters. The van der Waals surface area contributed by atoms with Crippen LogP contribution in [0.15, 0.2) is 40.5 Å². The number of nitrogens with zero attached hydrogens (tertiary/aromatic N) is 2. The molecule has 0 bridgehead atoms. The van der Waals surface area contributed by atoms with Crippen molar-refractivity contribution in [1.82, 2.24) is 15.3 Å². The first-order valence-electron chi connectivity index (χ1n) is 10.9. The number of amides is 1. The minimum Gasteiger partial charge on any atom is -0.369 e. The van der Waals surface area contributed by atoms with E-state index in [-0.39, 0.29) is 17.6 Å². The molecule has 1 N–H and O–H groups in total. The van der Waals surface area contributed by atoms with E-state index in [1.807, 2.05) is 31.4 Å². The van der Waals surface area contributed by atoms with E-state index in [2.05, 4.69) is 31.3 Å². The maximum atomic E-state index is 12.7. The third kappa shape index (κ3) is 5.30. The summed E-state index contributed by atoms with van der Waals surface area (Å²) in [5.74, 6) is 0.368. The van der Waals surface area contributed by atoms with Gasteiger partial charge < -0.3 is 10.1 Å². The number of hydrogen-bond donors (Lipinski definition) is 1. The summed E-state index contributed by atoms with van der Waals surface area (Å²) in [6, 6.07) is 10.3. The second-order valence-electron chi connectivity index (χ2n) is 8.42. The van der Waals surface area contributed by atoms with Gasteiger partial charge in [0.05, 0.1) is 18.0 Å².